The van der Waals surface area contributed by atoms with E-state index in [-0.39, 0.29) is 16.8 Å². The van der Waals surface area contributed by atoms with Gasteiger partial charge in [-0.2, -0.15) is 26.3 Å². The first kappa shape index (κ1) is 22.1. The third-order valence-corrected chi connectivity index (χ3v) is 4.35. The number of anilines is 1. The third kappa shape index (κ3) is 5.75. The lowest BCUT2D eigenvalue weighted by Gasteiger charge is -2.12. The minimum atomic E-state index is -4.52. The summed E-state index contributed by atoms with van der Waals surface area (Å²) in [4.78, 5) is 12.9. The molecule has 31 heavy (non-hydrogen) atoms. The van der Waals surface area contributed by atoms with Crippen molar-refractivity contribution < 1.29 is 31.1 Å². The summed E-state index contributed by atoms with van der Waals surface area (Å²) < 4.78 is 76.7. The van der Waals surface area contributed by atoms with Crippen molar-refractivity contribution in [1.82, 2.24) is 0 Å². The van der Waals surface area contributed by atoms with E-state index in [0.29, 0.717) is 5.56 Å². The fourth-order valence-electron chi connectivity index (χ4n) is 2.78. The molecule has 0 radical (unpaired) electrons. The van der Waals surface area contributed by atoms with Crippen molar-refractivity contribution in [3.8, 4) is 0 Å². The van der Waals surface area contributed by atoms with E-state index in [1.165, 1.54) is 18.2 Å². The number of amides is 1. The predicted octanol–water partition coefficient (Wildman–Crippen LogP) is 6.90. The van der Waals surface area contributed by atoms with Gasteiger partial charge in [-0.25, -0.2) is 0 Å². The van der Waals surface area contributed by atoms with Gasteiger partial charge in [0.15, 0.2) is 0 Å². The number of hydrogen-bond donors (Lipinski definition) is 1. The van der Waals surface area contributed by atoms with Crippen LogP contribution in [0, 0.1) is 0 Å². The maximum Gasteiger partial charge on any atom is 0.416 e. The summed E-state index contributed by atoms with van der Waals surface area (Å²) in [5.74, 6) is -0.677. The molecule has 0 bridgehead atoms. The van der Waals surface area contributed by atoms with Gasteiger partial charge in [-0.3, -0.25) is 4.79 Å². The SMILES string of the molecule is O=C(Nc1ccc(C(F)(F)F)cc1)/C(=C/c1ccccc1)c1ccc(C(F)(F)F)cc1. The molecular weight excluding hydrogens is 420 g/mol. The zero-order valence-corrected chi connectivity index (χ0v) is 15.8. The van der Waals surface area contributed by atoms with Gasteiger partial charge in [-0.15, -0.1) is 0 Å². The Hall–Kier alpha value is -3.55. The molecule has 0 aliphatic rings. The molecule has 0 aliphatic heterocycles. The van der Waals surface area contributed by atoms with Gasteiger partial charge >= 0.3 is 12.4 Å². The molecule has 3 aromatic rings. The molecule has 1 amide bonds. The largest absolute Gasteiger partial charge is 0.416 e. The molecule has 0 aromatic heterocycles. The number of hydrogen-bond acceptors (Lipinski definition) is 1. The van der Waals surface area contributed by atoms with Crippen molar-refractivity contribution in [3.05, 3.63) is 101 Å². The van der Waals surface area contributed by atoms with E-state index < -0.39 is 29.4 Å². The van der Waals surface area contributed by atoms with E-state index in [0.717, 1.165) is 36.4 Å². The van der Waals surface area contributed by atoms with Gasteiger partial charge in [-0.1, -0.05) is 42.5 Å². The van der Waals surface area contributed by atoms with Crippen LogP contribution in [0.25, 0.3) is 11.6 Å². The highest BCUT2D eigenvalue weighted by Gasteiger charge is 2.31. The minimum Gasteiger partial charge on any atom is -0.322 e. The van der Waals surface area contributed by atoms with Gasteiger partial charge in [0.1, 0.15) is 0 Å². The second kappa shape index (κ2) is 8.67. The highest BCUT2D eigenvalue weighted by atomic mass is 19.4. The lowest BCUT2D eigenvalue weighted by atomic mass is 10.00. The Labute approximate surface area is 173 Å². The van der Waals surface area contributed by atoms with Gasteiger partial charge in [0, 0.05) is 11.3 Å². The first-order valence-electron chi connectivity index (χ1n) is 8.97. The summed E-state index contributed by atoms with van der Waals surface area (Å²) in [6.45, 7) is 0. The molecule has 3 rings (SSSR count). The zero-order chi connectivity index (χ0) is 22.6. The Bertz CT molecular complexity index is 1070. The van der Waals surface area contributed by atoms with Crippen molar-refractivity contribution in [1.29, 1.82) is 0 Å². The van der Waals surface area contributed by atoms with Crippen LogP contribution in [0.15, 0.2) is 78.9 Å². The Balaban J connectivity index is 1.93. The van der Waals surface area contributed by atoms with Crippen LogP contribution < -0.4 is 5.32 Å². The Morgan fingerprint density at radius 3 is 1.65 bits per heavy atom. The topological polar surface area (TPSA) is 29.1 Å². The molecule has 0 unspecified atom stereocenters. The number of halogens is 6. The van der Waals surface area contributed by atoms with Crippen LogP contribution in [0.1, 0.15) is 22.3 Å². The summed E-state index contributed by atoms with van der Waals surface area (Å²) in [6.07, 6.45) is -7.55. The summed E-state index contributed by atoms with van der Waals surface area (Å²) in [5.41, 5.74) is -0.711. The van der Waals surface area contributed by atoms with Crippen LogP contribution >= 0.6 is 0 Å². The normalized spacial score (nSPS) is 12.5. The lowest BCUT2D eigenvalue weighted by molar-refractivity contribution is -0.138. The van der Waals surface area contributed by atoms with Crippen molar-refractivity contribution in [2.75, 3.05) is 5.32 Å². The molecular formula is C23H15F6NO. The fourth-order valence-corrected chi connectivity index (χ4v) is 2.78. The zero-order valence-electron chi connectivity index (χ0n) is 15.8. The maximum atomic E-state index is 12.9. The van der Waals surface area contributed by atoms with E-state index in [1.807, 2.05) is 0 Å². The minimum absolute atomic E-state index is 0.0554. The van der Waals surface area contributed by atoms with Gasteiger partial charge < -0.3 is 5.32 Å². The van der Waals surface area contributed by atoms with Crippen molar-refractivity contribution >= 4 is 23.2 Å². The maximum absolute atomic E-state index is 12.9. The van der Waals surface area contributed by atoms with Gasteiger partial charge in [-0.05, 0) is 53.6 Å². The molecule has 2 nitrogen and oxygen atoms in total. The van der Waals surface area contributed by atoms with Crippen molar-refractivity contribution in [3.63, 3.8) is 0 Å². The Kier molecular flexibility index (Phi) is 6.19. The molecule has 0 saturated carbocycles. The third-order valence-electron chi connectivity index (χ3n) is 4.35. The summed E-state index contributed by atoms with van der Waals surface area (Å²) in [5, 5.41) is 2.49. The summed E-state index contributed by atoms with van der Waals surface area (Å²) in [6, 6.07) is 16.5. The quantitative estimate of drug-likeness (QED) is 0.270. The number of carbonyl (C=O) groups is 1. The molecule has 160 valence electrons. The van der Waals surface area contributed by atoms with E-state index in [1.54, 1.807) is 30.3 Å². The second-order valence-corrected chi connectivity index (χ2v) is 6.57. The fraction of sp³-hybridized carbons (Fsp3) is 0.0870. The molecule has 3 aromatic carbocycles. The predicted molar refractivity (Wildman–Crippen MR) is 106 cm³/mol. The number of nitrogens with one attached hydrogen (secondary N) is 1. The van der Waals surface area contributed by atoms with Crippen LogP contribution in [-0.2, 0) is 17.1 Å². The van der Waals surface area contributed by atoms with Crippen LogP contribution in [0.3, 0.4) is 0 Å². The average molecular weight is 435 g/mol. The van der Waals surface area contributed by atoms with Crippen molar-refractivity contribution in [2.24, 2.45) is 0 Å². The van der Waals surface area contributed by atoms with Crippen LogP contribution in [0.5, 0.6) is 0 Å². The van der Waals surface area contributed by atoms with E-state index in [9.17, 15) is 31.1 Å². The Morgan fingerprint density at radius 2 is 1.16 bits per heavy atom. The number of rotatable bonds is 4. The standard InChI is InChI=1S/C23H15F6NO/c24-22(25,26)17-8-6-16(7-9-17)20(14-15-4-2-1-3-5-15)21(31)30-19-12-10-18(11-13-19)23(27,28)29/h1-14H,(H,30,31)/b20-14+. The molecule has 0 atom stereocenters. The molecule has 0 aliphatic carbocycles. The van der Waals surface area contributed by atoms with Crippen LogP contribution in [0.2, 0.25) is 0 Å². The second-order valence-electron chi connectivity index (χ2n) is 6.57. The Morgan fingerprint density at radius 1 is 0.677 bits per heavy atom. The first-order valence-corrected chi connectivity index (χ1v) is 8.97. The number of benzene rings is 3. The van der Waals surface area contributed by atoms with E-state index in [2.05, 4.69) is 5.32 Å². The average Bonchev–Trinajstić information content (AvgIpc) is 2.72. The molecule has 0 saturated heterocycles. The van der Waals surface area contributed by atoms with E-state index >= 15 is 0 Å². The molecule has 0 fully saturated rings. The monoisotopic (exact) mass is 435 g/mol. The molecule has 8 heteroatoms. The van der Waals surface area contributed by atoms with E-state index in [4.69, 9.17) is 0 Å². The van der Waals surface area contributed by atoms with Crippen LogP contribution in [-0.4, -0.2) is 5.91 Å². The molecule has 0 heterocycles. The number of alkyl halides is 6. The smallest absolute Gasteiger partial charge is 0.322 e. The molecule has 0 spiro atoms. The van der Waals surface area contributed by atoms with Crippen LogP contribution in [0.4, 0.5) is 32.0 Å². The highest BCUT2D eigenvalue weighted by molar-refractivity contribution is 6.29. The van der Waals surface area contributed by atoms with Gasteiger partial charge in [0.25, 0.3) is 5.91 Å². The molecule has 1 N–H and O–H groups in total. The first-order chi connectivity index (χ1) is 14.5. The summed E-state index contributed by atoms with van der Waals surface area (Å²) in [7, 11) is 0. The lowest BCUT2D eigenvalue weighted by Crippen LogP contribution is -2.14. The van der Waals surface area contributed by atoms with Gasteiger partial charge in [0.2, 0.25) is 0 Å². The summed E-state index contributed by atoms with van der Waals surface area (Å²) >= 11 is 0. The highest BCUT2D eigenvalue weighted by Crippen LogP contribution is 2.32. The number of carbonyl (C=O) groups excluding carboxylic acids is 1. The van der Waals surface area contributed by atoms with Crippen molar-refractivity contribution in [2.45, 2.75) is 12.4 Å². The van der Waals surface area contributed by atoms with Gasteiger partial charge in [0.05, 0.1) is 11.1 Å².